The third-order valence-electron chi connectivity index (χ3n) is 2.91. The Kier molecular flexibility index (Phi) is 7.04. The van der Waals surface area contributed by atoms with Gasteiger partial charge in [-0.25, -0.2) is 8.42 Å². The van der Waals surface area contributed by atoms with Crippen molar-refractivity contribution < 1.29 is 13.2 Å². The van der Waals surface area contributed by atoms with Gasteiger partial charge in [0.1, 0.15) is 0 Å². The van der Waals surface area contributed by atoms with Crippen molar-refractivity contribution in [1.82, 2.24) is 0 Å². The van der Waals surface area contributed by atoms with Crippen LogP contribution in [0.5, 0.6) is 0 Å². The molecule has 0 aliphatic rings. The topological polar surface area (TPSA) is 43.4 Å². The van der Waals surface area contributed by atoms with Crippen LogP contribution in [0.3, 0.4) is 0 Å². The van der Waals surface area contributed by atoms with E-state index in [1.807, 2.05) is 13.8 Å². The molecular formula is C10H21BrO3S. The monoisotopic (exact) mass is 300 g/mol. The lowest BCUT2D eigenvalue weighted by molar-refractivity contribution is 0.216. The molecule has 15 heavy (non-hydrogen) atoms. The summed E-state index contributed by atoms with van der Waals surface area (Å²) in [6.07, 6.45) is 1.75. The van der Waals surface area contributed by atoms with E-state index in [2.05, 4.69) is 15.9 Å². The van der Waals surface area contributed by atoms with E-state index < -0.39 is 9.84 Å². The van der Waals surface area contributed by atoms with Crippen molar-refractivity contribution in [2.45, 2.75) is 26.7 Å². The fraction of sp³-hybridized carbons (Fsp3) is 1.00. The van der Waals surface area contributed by atoms with Gasteiger partial charge < -0.3 is 4.74 Å². The van der Waals surface area contributed by atoms with Crippen LogP contribution in [0.15, 0.2) is 0 Å². The first-order chi connectivity index (χ1) is 6.95. The number of halogens is 1. The number of sulfone groups is 1. The summed E-state index contributed by atoms with van der Waals surface area (Å²) >= 11 is 3.42. The van der Waals surface area contributed by atoms with E-state index in [1.54, 1.807) is 0 Å². The third kappa shape index (κ3) is 5.31. The fourth-order valence-electron chi connectivity index (χ4n) is 1.43. The van der Waals surface area contributed by atoms with E-state index in [1.165, 1.54) is 7.11 Å². The highest BCUT2D eigenvalue weighted by Crippen LogP contribution is 2.30. The maximum absolute atomic E-state index is 11.8. The molecule has 0 spiro atoms. The van der Waals surface area contributed by atoms with E-state index in [0.29, 0.717) is 0 Å². The average molecular weight is 301 g/mol. The maximum atomic E-state index is 11.8. The minimum absolute atomic E-state index is 0.118. The highest BCUT2D eigenvalue weighted by Gasteiger charge is 2.30. The second-order valence-corrected chi connectivity index (χ2v) is 6.67. The first-order valence-corrected chi connectivity index (χ1v) is 8.15. The number of alkyl halides is 1. The van der Waals surface area contributed by atoms with Crippen LogP contribution in [0.25, 0.3) is 0 Å². The summed E-state index contributed by atoms with van der Waals surface area (Å²) in [5.41, 5.74) is -0.118. The first kappa shape index (κ1) is 15.4. The van der Waals surface area contributed by atoms with Crippen LogP contribution in [-0.2, 0) is 14.6 Å². The minimum atomic E-state index is -2.99. The Labute approximate surface area is 102 Å². The summed E-state index contributed by atoms with van der Waals surface area (Å²) in [5.74, 6) is 0.375. The first-order valence-electron chi connectivity index (χ1n) is 5.20. The van der Waals surface area contributed by atoms with Gasteiger partial charge in [-0.2, -0.15) is 0 Å². The largest absolute Gasteiger partial charge is 0.384 e. The molecule has 0 radical (unpaired) electrons. The number of methoxy groups -OCH3 is 1. The van der Waals surface area contributed by atoms with E-state index in [4.69, 9.17) is 4.74 Å². The molecule has 0 heterocycles. The summed E-state index contributed by atoms with van der Waals surface area (Å²) in [7, 11) is -1.47. The van der Waals surface area contributed by atoms with Crippen LogP contribution < -0.4 is 0 Å². The molecule has 0 aromatic carbocycles. The predicted molar refractivity (Wildman–Crippen MR) is 67.3 cm³/mol. The van der Waals surface area contributed by atoms with Crippen LogP contribution in [0, 0.1) is 5.41 Å². The second kappa shape index (κ2) is 6.86. The molecule has 0 aliphatic carbocycles. The van der Waals surface area contributed by atoms with Gasteiger partial charge in [-0.3, -0.25) is 0 Å². The molecule has 0 saturated carbocycles. The molecule has 3 nitrogen and oxygen atoms in total. The van der Waals surface area contributed by atoms with Crippen molar-refractivity contribution >= 4 is 25.8 Å². The maximum Gasteiger partial charge on any atom is 0.153 e. The Hall–Kier alpha value is 0.390. The van der Waals surface area contributed by atoms with Gasteiger partial charge in [0.05, 0.1) is 18.1 Å². The highest BCUT2D eigenvalue weighted by molar-refractivity contribution is 9.09. The van der Waals surface area contributed by atoms with Crippen LogP contribution in [0.4, 0.5) is 0 Å². The lowest BCUT2D eigenvalue weighted by atomic mass is 9.87. The zero-order valence-electron chi connectivity index (χ0n) is 9.75. The third-order valence-corrected chi connectivity index (χ3v) is 5.94. The molecule has 0 aromatic rings. The summed E-state index contributed by atoms with van der Waals surface area (Å²) in [5, 5.41) is 0.735. The summed E-state index contributed by atoms with van der Waals surface area (Å²) in [6.45, 7) is 4.36. The van der Waals surface area contributed by atoms with Gasteiger partial charge in [0.25, 0.3) is 0 Å². The summed E-state index contributed by atoms with van der Waals surface area (Å²) < 4.78 is 28.4. The molecule has 0 bridgehead atoms. The summed E-state index contributed by atoms with van der Waals surface area (Å²) in [6, 6.07) is 0. The number of hydrogen-bond acceptors (Lipinski definition) is 3. The van der Waals surface area contributed by atoms with Crippen molar-refractivity contribution in [3.8, 4) is 0 Å². The molecule has 92 valence electrons. The standard InChI is InChI=1S/C10H21BrO3S/c1-4-10(5-2,8-11)9-15(12,13)7-6-14-3/h4-9H2,1-3H3. The lowest BCUT2D eigenvalue weighted by Gasteiger charge is -2.28. The number of ether oxygens (including phenoxy) is 1. The molecule has 0 fully saturated rings. The number of rotatable bonds is 8. The van der Waals surface area contributed by atoms with Crippen LogP contribution in [-0.4, -0.2) is 39.0 Å². The number of hydrogen-bond donors (Lipinski definition) is 0. The highest BCUT2D eigenvalue weighted by atomic mass is 79.9. The molecule has 5 heteroatoms. The second-order valence-electron chi connectivity index (χ2n) is 3.93. The zero-order valence-corrected chi connectivity index (χ0v) is 12.2. The van der Waals surface area contributed by atoms with Crippen LogP contribution in [0.1, 0.15) is 26.7 Å². The van der Waals surface area contributed by atoms with Crippen molar-refractivity contribution in [3.63, 3.8) is 0 Å². The van der Waals surface area contributed by atoms with Gasteiger partial charge in [0.15, 0.2) is 9.84 Å². The van der Waals surface area contributed by atoms with E-state index in [9.17, 15) is 8.42 Å². The Balaban J connectivity index is 4.52. The minimum Gasteiger partial charge on any atom is -0.384 e. The Morgan fingerprint density at radius 2 is 1.80 bits per heavy atom. The van der Waals surface area contributed by atoms with Gasteiger partial charge in [-0.15, -0.1) is 0 Å². The normalized spacial score (nSPS) is 13.1. The molecule has 0 saturated heterocycles. The molecular weight excluding hydrogens is 280 g/mol. The van der Waals surface area contributed by atoms with Gasteiger partial charge >= 0.3 is 0 Å². The average Bonchev–Trinajstić information content (AvgIpc) is 2.23. The zero-order chi connectivity index (χ0) is 11.9. The van der Waals surface area contributed by atoms with E-state index >= 15 is 0 Å². The van der Waals surface area contributed by atoms with Gasteiger partial charge in [0, 0.05) is 12.4 Å². The molecule has 0 aliphatic heterocycles. The van der Waals surface area contributed by atoms with Crippen LogP contribution in [0.2, 0.25) is 0 Å². The molecule has 0 rings (SSSR count). The van der Waals surface area contributed by atoms with Gasteiger partial charge in [0.2, 0.25) is 0 Å². The van der Waals surface area contributed by atoms with Crippen molar-refractivity contribution in [2.75, 3.05) is 30.6 Å². The van der Waals surface area contributed by atoms with E-state index in [-0.39, 0.29) is 23.5 Å². The SMILES string of the molecule is CCC(CC)(CBr)CS(=O)(=O)CCOC. The lowest BCUT2D eigenvalue weighted by Crippen LogP contribution is -2.32. The predicted octanol–water partition coefficient (Wildman–Crippen LogP) is 2.25. The van der Waals surface area contributed by atoms with Crippen molar-refractivity contribution in [1.29, 1.82) is 0 Å². The fourth-order valence-corrected chi connectivity index (χ4v) is 4.69. The Morgan fingerprint density at radius 3 is 2.13 bits per heavy atom. The van der Waals surface area contributed by atoms with E-state index in [0.717, 1.165) is 18.2 Å². The molecule has 0 N–H and O–H groups in total. The summed E-state index contributed by atoms with van der Waals surface area (Å²) in [4.78, 5) is 0. The Bertz CT molecular complexity index is 250. The molecule has 0 aromatic heterocycles. The Morgan fingerprint density at radius 1 is 1.27 bits per heavy atom. The van der Waals surface area contributed by atoms with Crippen molar-refractivity contribution in [3.05, 3.63) is 0 Å². The quantitative estimate of drug-likeness (QED) is 0.646. The molecule has 0 amide bonds. The van der Waals surface area contributed by atoms with Gasteiger partial charge in [-0.1, -0.05) is 29.8 Å². The molecule has 0 atom stereocenters. The van der Waals surface area contributed by atoms with Gasteiger partial charge in [-0.05, 0) is 18.3 Å². The van der Waals surface area contributed by atoms with Crippen LogP contribution >= 0.6 is 15.9 Å². The molecule has 0 unspecified atom stereocenters. The smallest absolute Gasteiger partial charge is 0.153 e. The van der Waals surface area contributed by atoms with Crippen molar-refractivity contribution in [2.24, 2.45) is 5.41 Å².